The maximum atomic E-state index is 13.0. The number of aryl methyl sites for hydroxylation is 2. The molecule has 0 saturated carbocycles. The van der Waals surface area contributed by atoms with E-state index in [4.69, 9.17) is 9.47 Å². The molecule has 0 spiro atoms. The number of pyridine rings is 1. The predicted octanol–water partition coefficient (Wildman–Crippen LogP) is 2.49. The van der Waals surface area contributed by atoms with Gasteiger partial charge >= 0.3 is 0 Å². The second-order valence-corrected chi connectivity index (χ2v) is 9.31. The molecule has 2 aromatic heterocycles. The fourth-order valence-electron chi connectivity index (χ4n) is 4.85. The van der Waals surface area contributed by atoms with Crippen LogP contribution in [0.2, 0.25) is 0 Å². The summed E-state index contributed by atoms with van der Waals surface area (Å²) < 4.78 is 13.5. The molecule has 5 rings (SSSR count). The fraction of sp³-hybridized carbons (Fsp3) is 0.583. The Morgan fingerprint density at radius 2 is 1.91 bits per heavy atom. The summed E-state index contributed by atoms with van der Waals surface area (Å²) in [6.45, 7) is 8.15. The van der Waals surface area contributed by atoms with Gasteiger partial charge in [-0.1, -0.05) is 12.1 Å². The molecule has 176 valence electrons. The molecule has 2 atom stereocenters. The van der Waals surface area contributed by atoms with Gasteiger partial charge < -0.3 is 14.5 Å². The third-order valence-electron chi connectivity index (χ3n) is 6.88. The van der Waals surface area contributed by atoms with Gasteiger partial charge in [0.15, 0.2) is 5.82 Å². The van der Waals surface area contributed by atoms with Gasteiger partial charge in [0.1, 0.15) is 0 Å². The average Bonchev–Trinajstić information content (AvgIpc) is 3.57. The summed E-state index contributed by atoms with van der Waals surface area (Å²) in [5.74, 6) is 0.784. The van der Waals surface area contributed by atoms with Crippen LogP contribution in [0.1, 0.15) is 48.2 Å². The van der Waals surface area contributed by atoms with Gasteiger partial charge in [0.2, 0.25) is 0 Å². The Hall–Kier alpha value is -2.62. The quantitative estimate of drug-likeness (QED) is 0.561. The molecule has 9 nitrogen and oxygen atoms in total. The van der Waals surface area contributed by atoms with Crippen molar-refractivity contribution in [2.24, 2.45) is 0 Å². The van der Waals surface area contributed by atoms with Crippen LogP contribution in [0, 0.1) is 13.8 Å². The number of nitrogens with one attached hydrogen (secondary N) is 1. The smallest absolute Gasteiger partial charge is 0.252 e. The van der Waals surface area contributed by atoms with Crippen molar-refractivity contribution in [1.29, 1.82) is 0 Å². The van der Waals surface area contributed by atoms with E-state index in [-0.39, 0.29) is 17.8 Å². The molecule has 3 aromatic rings. The molecule has 0 aliphatic carbocycles. The molecule has 0 bridgehead atoms. The van der Waals surface area contributed by atoms with Gasteiger partial charge in [0, 0.05) is 31.9 Å². The third-order valence-corrected chi connectivity index (χ3v) is 6.88. The normalized spacial score (nSPS) is 20.9. The summed E-state index contributed by atoms with van der Waals surface area (Å²) in [5.41, 5.74) is 3.88. The van der Waals surface area contributed by atoms with E-state index < -0.39 is 0 Å². The molecule has 0 unspecified atom stereocenters. The van der Waals surface area contributed by atoms with Gasteiger partial charge in [-0.3, -0.25) is 9.69 Å². The van der Waals surface area contributed by atoms with Gasteiger partial charge in [0.25, 0.3) is 5.56 Å². The Morgan fingerprint density at radius 3 is 2.67 bits per heavy atom. The number of benzene rings is 1. The first-order valence-corrected chi connectivity index (χ1v) is 11.9. The van der Waals surface area contributed by atoms with E-state index in [1.165, 1.54) is 5.56 Å². The highest BCUT2D eigenvalue weighted by atomic mass is 16.5. The molecule has 1 N–H and O–H groups in total. The van der Waals surface area contributed by atoms with Crippen molar-refractivity contribution < 1.29 is 9.47 Å². The first-order chi connectivity index (χ1) is 16.1. The molecule has 0 radical (unpaired) electrons. The fourth-order valence-corrected chi connectivity index (χ4v) is 4.85. The number of fused-ring (bicyclic) bond motifs is 1. The van der Waals surface area contributed by atoms with Gasteiger partial charge in [-0.05, 0) is 72.5 Å². The van der Waals surface area contributed by atoms with Crippen LogP contribution >= 0.6 is 0 Å². The lowest BCUT2D eigenvalue weighted by atomic mass is 10.0. The molecular formula is C24H32N6O3. The summed E-state index contributed by atoms with van der Waals surface area (Å²) in [4.78, 5) is 18.3. The van der Waals surface area contributed by atoms with Gasteiger partial charge in [-0.15, -0.1) is 5.10 Å². The summed E-state index contributed by atoms with van der Waals surface area (Å²) in [7, 11) is 0. The molecule has 2 saturated heterocycles. The molecule has 2 fully saturated rings. The minimum atomic E-state index is -0.0486. The van der Waals surface area contributed by atoms with Crippen LogP contribution in [0.5, 0.6) is 0 Å². The first kappa shape index (κ1) is 22.2. The largest absolute Gasteiger partial charge is 0.377 e. The monoisotopic (exact) mass is 452 g/mol. The SMILES string of the molecule is Cc1ccc2cc(CN(Cc3nnnn3C[C@H]3CCCO3)C[C@@H]3CCCO3)c(=O)[nH]c2c1C. The second-order valence-electron chi connectivity index (χ2n) is 9.31. The average molecular weight is 453 g/mol. The maximum absolute atomic E-state index is 13.0. The molecule has 0 amide bonds. The minimum absolute atomic E-state index is 0.0486. The Bertz CT molecular complexity index is 1160. The first-order valence-electron chi connectivity index (χ1n) is 11.9. The van der Waals surface area contributed by atoms with Crippen molar-refractivity contribution in [1.82, 2.24) is 30.1 Å². The maximum Gasteiger partial charge on any atom is 0.252 e. The zero-order valence-electron chi connectivity index (χ0n) is 19.4. The molecule has 4 heterocycles. The highest BCUT2D eigenvalue weighted by Gasteiger charge is 2.24. The van der Waals surface area contributed by atoms with Crippen molar-refractivity contribution >= 4 is 10.9 Å². The Morgan fingerprint density at radius 1 is 1.12 bits per heavy atom. The van der Waals surface area contributed by atoms with Crippen molar-refractivity contribution in [3.05, 3.63) is 51.1 Å². The Balaban J connectivity index is 1.39. The number of hydrogen-bond acceptors (Lipinski definition) is 7. The van der Waals surface area contributed by atoms with Crippen molar-refractivity contribution in [2.45, 2.75) is 71.4 Å². The van der Waals surface area contributed by atoms with E-state index in [9.17, 15) is 4.79 Å². The lowest BCUT2D eigenvalue weighted by Crippen LogP contribution is -2.34. The highest BCUT2D eigenvalue weighted by Crippen LogP contribution is 2.21. The van der Waals surface area contributed by atoms with Gasteiger partial charge in [-0.2, -0.15) is 0 Å². The minimum Gasteiger partial charge on any atom is -0.377 e. The van der Waals surface area contributed by atoms with Gasteiger partial charge in [0.05, 0.1) is 30.8 Å². The summed E-state index contributed by atoms with van der Waals surface area (Å²) in [6.07, 6.45) is 4.54. The van der Waals surface area contributed by atoms with E-state index in [0.717, 1.165) is 73.3 Å². The summed E-state index contributed by atoms with van der Waals surface area (Å²) >= 11 is 0. The van der Waals surface area contributed by atoms with Gasteiger partial charge in [-0.25, -0.2) is 4.68 Å². The number of H-pyrrole nitrogens is 1. The van der Waals surface area contributed by atoms with E-state index in [1.54, 1.807) is 0 Å². The zero-order chi connectivity index (χ0) is 22.8. The zero-order valence-corrected chi connectivity index (χ0v) is 19.4. The van der Waals surface area contributed by atoms with E-state index in [1.807, 2.05) is 17.7 Å². The number of aromatic nitrogens is 5. The number of rotatable bonds is 8. The van der Waals surface area contributed by atoms with Crippen molar-refractivity contribution in [3.63, 3.8) is 0 Å². The number of ether oxygens (including phenoxy) is 2. The molecule has 1 aromatic carbocycles. The Labute approximate surface area is 193 Å². The molecule has 33 heavy (non-hydrogen) atoms. The van der Waals surface area contributed by atoms with Crippen LogP contribution in [0.3, 0.4) is 0 Å². The number of nitrogens with zero attached hydrogens (tertiary/aromatic N) is 5. The molecule has 2 aliphatic heterocycles. The van der Waals surface area contributed by atoms with E-state index >= 15 is 0 Å². The summed E-state index contributed by atoms with van der Waals surface area (Å²) in [5, 5.41) is 13.4. The second kappa shape index (κ2) is 9.70. The topological polar surface area (TPSA) is 98.2 Å². The highest BCUT2D eigenvalue weighted by molar-refractivity contribution is 5.83. The van der Waals surface area contributed by atoms with Crippen LogP contribution in [0.25, 0.3) is 10.9 Å². The van der Waals surface area contributed by atoms with Crippen molar-refractivity contribution in [2.75, 3.05) is 19.8 Å². The molecule has 2 aliphatic rings. The van der Waals surface area contributed by atoms with Crippen LogP contribution in [0.15, 0.2) is 23.0 Å². The van der Waals surface area contributed by atoms with Crippen LogP contribution in [-0.4, -0.2) is 62.1 Å². The summed E-state index contributed by atoms with van der Waals surface area (Å²) in [6, 6.07) is 6.19. The van der Waals surface area contributed by atoms with Crippen LogP contribution in [-0.2, 0) is 29.1 Å². The number of tetrazole rings is 1. The molecular weight excluding hydrogens is 420 g/mol. The van der Waals surface area contributed by atoms with E-state index in [2.05, 4.69) is 44.5 Å². The third kappa shape index (κ3) is 5.00. The Kier molecular flexibility index (Phi) is 6.52. The standard InChI is InChI=1S/C24H32N6O3/c1-16-7-8-18-11-19(24(31)25-23(18)17(16)2)12-29(13-20-5-3-9-32-20)15-22-26-27-28-30(22)14-21-6-4-10-33-21/h7-8,11,20-21H,3-6,9-10,12-15H2,1-2H3,(H,25,31)/t20-,21+/m0/s1. The van der Waals surface area contributed by atoms with E-state index in [0.29, 0.717) is 19.6 Å². The number of aromatic amines is 1. The predicted molar refractivity (Wildman–Crippen MR) is 124 cm³/mol. The lowest BCUT2D eigenvalue weighted by molar-refractivity contribution is 0.0647. The van der Waals surface area contributed by atoms with Crippen LogP contribution in [0.4, 0.5) is 0 Å². The lowest BCUT2D eigenvalue weighted by Gasteiger charge is -2.25. The molecule has 9 heteroatoms. The van der Waals surface area contributed by atoms with Crippen molar-refractivity contribution in [3.8, 4) is 0 Å². The van der Waals surface area contributed by atoms with Crippen LogP contribution < -0.4 is 5.56 Å². The number of hydrogen-bond donors (Lipinski definition) is 1.